The molecule has 0 saturated heterocycles. The molecule has 20 heavy (non-hydrogen) atoms. The monoisotopic (exact) mass is 270 g/mol. The van der Waals surface area contributed by atoms with Crippen molar-refractivity contribution in [2.75, 3.05) is 0 Å². The fraction of sp³-hybridized carbons (Fsp3) is 0.778. The molecule has 4 rings (SSSR count). The predicted molar refractivity (Wildman–Crippen MR) is 80.8 cm³/mol. The average Bonchev–Trinajstić information content (AvgIpc) is 3.02. The molecule has 0 N–H and O–H groups in total. The molecule has 0 radical (unpaired) electrons. The third-order valence-corrected chi connectivity index (χ3v) is 6.97. The summed E-state index contributed by atoms with van der Waals surface area (Å²) in [7, 11) is 0. The van der Waals surface area contributed by atoms with Crippen LogP contribution in [0.5, 0.6) is 0 Å². The number of rotatable bonds is 2. The Hall–Kier alpha value is -0.920. The molecule has 0 unspecified atom stereocenters. The van der Waals surface area contributed by atoms with Gasteiger partial charge in [0, 0.05) is 5.41 Å². The van der Waals surface area contributed by atoms with E-state index >= 15 is 0 Å². The van der Waals surface area contributed by atoms with E-state index in [0.29, 0.717) is 11.3 Å². The highest BCUT2D eigenvalue weighted by atomic mass is 15.1. The van der Waals surface area contributed by atoms with Crippen LogP contribution in [0.1, 0.15) is 82.2 Å². The number of hydrogen-bond acceptors (Lipinski definition) is 2. The summed E-state index contributed by atoms with van der Waals surface area (Å²) in [5.41, 5.74) is 4.71. The molecule has 108 valence electrons. The van der Waals surface area contributed by atoms with Gasteiger partial charge in [-0.2, -0.15) is 10.2 Å². The van der Waals surface area contributed by atoms with Crippen LogP contribution in [0.2, 0.25) is 0 Å². The molecule has 0 amide bonds. The van der Waals surface area contributed by atoms with E-state index in [9.17, 15) is 0 Å². The van der Waals surface area contributed by atoms with Crippen LogP contribution in [-0.4, -0.2) is 10.2 Å². The van der Waals surface area contributed by atoms with Gasteiger partial charge in [0.15, 0.2) is 0 Å². The first-order valence-electron chi connectivity index (χ1n) is 8.39. The zero-order chi connectivity index (χ0) is 14.0. The van der Waals surface area contributed by atoms with Crippen molar-refractivity contribution in [2.24, 2.45) is 11.3 Å². The summed E-state index contributed by atoms with van der Waals surface area (Å²) in [6, 6.07) is 2.41. The van der Waals surface area contributed by atoms with Gasteiger partial charge < -0.3 is 0 Å². The Labute approximate surface area is 122 Å². The normalized spacial score (nSPS) is 34.6. The summed E-state index contributed by atoms with van der Waals surface area (Å²) in [6.45, 7) is 7.27. The van der Waals surface area contributed by atoms with Crippen LogP contribution in [0, 0.1) is 11.3 Å². The highest BCUT2D eigenvalue weighted by Gasteiger charge is 2.60. The molecule has 2 atom stereocenters. The quantitative estimate of drug-likeness (QED) is 0.796. The second-order valence-electron chi connectivity index (χ2n) is 8.14. The molecule has 1 aromatic rings. The summed E-state index contributed by atoms with van der Waals surface area (Å²) < 4.78 is 0. The Morgan fingerprint density at radius 3 is 2.60 bits per heavy atom. The lowest BCUT2D eigenvalue weighted by molar-refractivity contribution is 0.226. The van der Waals surface area contributed by atoms with E-state index in [1.807, 2.05) is 0 Å². The molecule has 3 aliphatic carbocycles. The van der Waals surface area contributed by atoms with Crippen LogP contribution in [0.15, 0.2) is 6.07 Å². The molecule has 1 heterocycles. The Bertz CT molecular complexity index is 542. The lowest BCUT2D eigenvalue weighted by Gasteiger charge is -2.33. The van der Waals surface area contributed by atoms with Gasteiger partial charge in [-0.15, -0.1) is 0 Å². The molecule has 2 fully saturated rings. The van der Waals surface area contributed by atoms with E-state index in [4.69, 9.17) is 5.10 Å². The minimum Gasteiger partial charge on any atom is -0.155 e. The molecule has 2 bridgehead atoms. The van der Waals surface area contributed by atoms with Crippen molar-refractivity contribution in [1.29, 1.82) is 0 Å². The number of aromatic nitrogens is 2. The second kappa shape index (κ2) is 4.05. The maximum absolute atomic E-state index is 4.70. The molecular weight excluding hydrogens is 244 g/mol. The first-order valence-corrected chi connectivity index (χ1v) is 8.39. The second-order valence-corrected chi connectivity index (χ2v) is 8.14. The van der Waals surface area contributed by atoms with E-state index in [-0.39, 0.29) is 5.41 Å². The predicted octanol–water partition coefficient (Wildman–Crippen LogP) is 4.38. The highest BCUT2D eigenvalue weighted by molar-refractivity contribution is 5.45. The number of hydrogen-bond donors (Lipinski definition) is 0. The Morgan fingerprint density at radius 1 is 1.10 bits per heavy atom. The van der Waals surface area contributed by atoms with E-state index in [1.165, 1.54) is 55.5 Å². The van der Waals surface area contributed by atoms with Crippen LogP contribution in [0.25, 0.3) is 0 Å². The maximum Gasteiger partial charge on any atom is 0.0730 e. The van der Waals surface area contributed by atoms with Crippen molar-refractivity contribution in [3.8, 4) is 0 Å². The number of fused-ring (bicyclic) bond motifs is 5. The zero-order valence-corrected chi connectivity index (χ0v) is 13.1. The molecular formula is C18H26N2. The summed E-state index contributed by atoms with van der Waals surface area (Å²) in [5.74, 6) is 1.57. The molecule has 2 heteroatoms. The fourth-order valence-electron chi connectivity index (χ4n) is 5.22. The van der Waals surface area contributed by atoms with Gasteiger partial charge in [0.05, 0.1) is 11.4 Å². The topological polar surface area (TPSA) is 25.8 Å². The lowest BCUT2D eigenvalue weighted by atomic mass is 9.70. The van der Waals surface area contributed by atoms with Crippen LogP contribution < -0.4 is 0 Å². The van der Waals surface area contributed by atoms with Crippen molar-refractivity contribution in [3.63, 3.8) is 0 Å². The van der Waals surface area contributed by atoms with Gasteiger partial charge in [-0.05, 0) is 48.1 Å². The molecule has 0 aromatic carbocycles. The smallest absolute Gasteiger partial charge is 0.0730 e. The first kappa shape index (κ1) is 12.8. The summed E-state index contributed by atoms with van der Waals surface area (Å²) >= 11 is 0. The standard InChI is InChI=1S/C18H26N2/c1-17(2)15-8-9-18(17,3)16-14(15)11-13(19-20-16)10-12-6-4-5-7-12/h11-12,15H,4-10H2,1-3H3/t15-,18-/m1/s1. The number of nitrogens with zero attached hydrogens (tertiary/aromatic N) is 2. The third kappa shape index (κ3) is 1.51. The lowest BCUT2D eigenvalue weighted by Crippen LogP contribution is -2.32. The summed E-state index contributed by atoms with van der Waals surface area (Å²) in [6.07, 6.45) is 9.40. The van der Waals surface area contributed by atoms with Gasteiger partial charge in [-0.25, -0.2) is 0 Å². The first-order chi connectivity index (χ1) is 9.52. The zero-order valence-electron chi connectivity index (χ0n) is 13.1. The average molecular weight is 270 g/mol. The Kier molecular flexibility index (Phi) is 2.59. The largest absolute Gasteiger partial charge is 0.155 e. The Balaban J connectivity index is 1.68. The molecule has 0 spiro atoms. The minimum atomic E-state index is 0.256. The van der Waals surface area contributed by atoms with Crippen molar-refractivity contribution in [1.82, 2.24) is 10.2 Å². The van der Waals surface area contributed by atoms with Crippen molar-refractivity contribution < 1.29 is 0 Å². The highest BCUT2D eigenvalue weighted by Crippen LogP contribution is 2.66. The van der Waals surface area contributed by atoms with Crippen LogP contribution in [0.3, 0.4) is 0 Å². The summed E-state index contributed by atoms with van der Waals surface area (Å²) in [4.78, 5) is 0. The van der Waals surface area contributed by atoms with Crippen molar-refractivity contribution in [2.45, 2.75) is 77.0 Å². The van der Waals surface area contributed by atoms with Crippen LogP contribution in [0.4, 0.5) is 0 Å². The maximum atomic E-state index is 4.70. The fourth-order valence-corrected chi connectivity index (χ4v) is 5.22. The molecule has 1 aromatic heterocycles. The van der Waals surface area contributed by atoms with Gasteiger partial charge in [0.2, 0.25) is 0 Å². The van der Waals surface area contributed by atoms with E-state index in [2.05, 4.69) is 31.9 Å². The third-order valence-electron chi connectivity index (χ3n) is 6.97. The molecule has 2 saturated carbocycles. The molecule has 2 nitrogen and oxygen atoms in total. The van der Waals surface area contributed by atoms with Gasteiger partial charge in [0.25, 0.3) is 0 Å². The van der Waals surface area contributed by atoms with E-state index < -0.39 is 0 Å². The van der Waals surface area contributed by atoms with E-state index in [1.54, 1.807) is 0 Å². The van der Waals surface area contributed by atoms with Crippen LogP contribution >= 0.6 is 0 Å². The van der Waals surface area contributed by atoms with Gasteiger partial charge in [-0.1, -0.05) is 46.5 Å². The summed E-state index contributed by atoms with van der Waals surface area (Å²) in [5, 5.41) is 9.29. The molecule has 0 aliphatic heterocycles. The van der Waals surface area contributed by atoms with Gasteiger partial charge in [0.1, 0.15) is 0 Å². The minimum absolute atomic E-state index is 0.256. The van der Waals surface area contributed by atoms with E-state index in [0.717, 1.165) is 12.3 Å². The Morgan fingerprint density at radius 2 is 1.85 bits per heavy atom. The van der Waals surface area contributed by atoms with Gasteiger partial charge in [-0.3, -0.25) is 0 Å². The SMILES string of the molecule is CC1(C)[C@@H]2CC[C@]1(C)c1nnc(CC3CCCC3)cc12. The van der Waals surface area contributed by atoms with Crippen molar-refractivity contribution in [3.05, 3.63) is 23.0 Å². The van der Waals surface area contributed by atoms with Gasteiger partial charge >= 0.3 is 0 Å². The van der Waals surface area contributed by atoms with Crippen molar-refractivity contribution >= 4 is 0 Å². The molecule has 3 aliphatic rings. The van der Waals surface area contributed by atoms with Crippen LogP contribution in [-0.2, 0) is 11.8 Å².